The molecule has 0 saturated heterocycles. The molecule has 1 atom stereocenters. The Labute approximate surface area is 254 Å². The van der Waals surface area contributed by atoms with Crippen LogP contribution in [0.3, 0.4) is 0 Å². The molecule has 210 valence electrons. The minimum atomic E-state index is 0.337. The molecule has 5 heteroatoms. The van der Waals surface area contributed by atoms with Crippen molar-refractivity contribution < 1.29 is 0 Å². The number of hydrogen-bond acceptors (Lipinski definition) is 5. The summed E-state index contributed by atoms with van der Waals surface area (Å²) in [5.74, 6) is 1.85. The van der Waals surface area contributed by atoms with Crippen molar-refractivity contribution in [2.75, 3.05) is 0 Å². The molecule has 0 radical (unpaired) electrons. The molecule has 9 rings (SSSR count). The van der Waals surface area contributed by atoms with Gasteiger partial charge in [0.15, 0.2) is 11.6 Å². The molecular weight excluding hydrogens is 538 g/mol. The molecule has 3 aromatic carbocycles. The second-order valence-electron chi connectivity index (χ2n) is 11.8. The molecule has 1 unspecified atom stereocenters. The third-order valence-corrected chi connectivity index (χ3v) is 9.48. The summed E-state index contributed by atoms with van der Waals surface area (Å²) in [5, 5.41) is 7.19. The lowest BCUT2D eigenvalue weighted by Crippen LogP contribution is -2.37. The number of allylic oxidation sites excluding steroid dienone is 6. The zero-order chi connectivity index (χ0) is 29.0. The lowest BCUT2D eigenvalue weighted by Gasteiger charge is -2.32. The predicted octanol–water partition coefficient (Wildman–Crippen LogP) is 5.09. The number of rotatable bonds is 3. The van der Waals surface area contributed by atoms with E-state index in [0.717, 1.165) is 59.8 Å². The van der Waals surface area contributed by atoms with Gasteiger partial charge in [-0.3, -0.25) is 0 Å². The molecule has 4 aliphatic rings. The Bertz CT molecular complexity index is 2350. The van der Waals surface area contributed by atoms with E-state index in [1.807, 2.05) is 12.4 Å². The average Bonchev–Trinajstić information content (AvgIpc) is 3.10. The van der Waals surface area contributed by atoms with Crippen LogP contribution in [0.15, 0.2) is 109 Å². The van der Waals surface area contributed by atoms with Gasteiger partial charge in [0.2, 0.25) is 0 Å². The van der Waals surface area contributed by atoms with E-state index in [9.17, 15) is 0 Å². The topological polar surface area (TPSA) is 64.5 Å². The van der Waals surface area contributed by atoms with Crippen molar-refractivity contribution >= 4 is 34.1 Å². The van der Waals surface area contributed by atoms with Gasteiger partial charge in [0.05, 0.1) is 0 Å². The molecule has 0 fully saturated rings. The van der Waals surface area contributed by atoms with E-state index in [4.69, 9.17) is 9.97 Å². The van der Waals surface area contributed by atoms with Gasteiger partial charge in [-0.15, -0.1) is 0 Å². The van der Waals surface area contributed by atoms with E-state index in [0.29, 0.717) is 11.7 Å². The first-order valence-corrected chi connectivity index (χ1v) is 15.5. The summed E-state index contributed by atoms with van der Waals surface area (Å²) in [6.45, 7) is 0. The zero-order valence-electron chi connectivity index (χ0n) is 24.2. The molecule has 0 N–H and O–H groups in total. The minimum Gasteiger partial charge on any atom is -0.236 e. The van der Waals surface area contributed by atoms with Gasteiger partial charge in [0.1, 0.15) is 12.7 Å². The van der Waals surface area contributed by atoms with Gasteiger partial charge in [-0.25, -0.2) is 24.9 Å². The first kappa shape index (κ1) is 25.2. The SMILES string of the molecule is C1=CC2=c3ccccc3=C(c3ncc(-c4c5c(c(-c6ncncn6)c6ccccc46)=CCCC=5)cn3)CC2C2=CCCC=C12. The van der Waals surface area contributed by atoms with Crippen molar-refractivity contribution in [2.45, 2.75) is 32.1 Å². The Morgan fingerprint density at radius 3 is 2.05 bits per heavy atom. The van der Waals surface area contributed by atoms with Crippen molar-refractivity contribution in [2.24, 2.45) is 5.92 Å². The van der Waals surface area contributed by atoms with Crippen LogP contribution in [0, 0.1) is 5.92 Å². The van der Waals surface area contributed by atoms with Gasteiger partial charge >= 0.3 is 0 Å². The molecule has 4 aliphatic carbocycles. The number of nitrogens with zero attached hydrogens (tertiary/aromatic N) is 5. The summed E-state index contributed by atoms with van der Waals surface area (Å²) in [6, 6.07) is 17.3. The Morgan fingerprint density at radius 1 is 0.591 bits per heavy atom. The standard InChI is InChI=1S/C39H29N5/c1-2-10-26-24(9-1)17-18-29-27-11-3-4-12-28(27)35(19-34(26)29)38-41-20-25(21-42-38)36-30-13-5-7-15-32(30)37(39-43-22-40-23-44-39)33-16-8-6-14-31(33)36/h3-5,7,9-18,20-23,34H,1-2,6,8,19H2. The van der Waals surface area contributed by atoms with Crippen molar-refractivity contribution in [1.29, 1.82) is 0 Å². The second kappa shape index (κ2) is 10.2. The van der Waals surface area contributed by atoms with E-state index in [1.165, 1.54) is 48.7 Å². The fourth-order valence-corrected chi connectivity index (χ4v) is 7.60. The van der Waals surface area contributed by atoms with Crippen molar-refractivity contribution in [3.8, 4) is 22.5 Å². The van der Waals surface area contributed by atoms with Crippen LogP contribution in [-0.4, -0.2) is 24.9 Å². The molecular formula is C39H29N5. The molecule has 0 bridgehead atoms. The van der Waals surface area contributed by atoms with Gasteiger partial charge in [-0.05, 0) is 80.5 Å². The van der Waals surface area contributed by atoms with Gasteiger partial charge in [0.25, 0.3) is 0 Å². The van der Waals surface area contributed by atoms with Crippen LogP contribution in [0.4, 0.5) is 0 Å². The largest absolute Gasteiger partial charge is 0.236 e. The molecule has 2 aromatic heterocycles. The number of fused-ring (bicyclic) bond motifs is 6. The third kappa shape index (κ3) is 3.89. The van der Waals surface area contributed by atoms with E-state index >= 15 is 0 Å². The Morgan fingerprint density at radius 2 is 1.25 bits per heavy atom. The van der Waals surface area contributed by atoms with Crippen LogP contribution >= 0.6 is 0 Å². The van der Waals surface area contributed by atoms with Crippen LogP contribution in [-0.2, 0) is 0 Å². The van der Waals surface area contributed by atoms with Crippen molar-refractivity contribution in [3.63, 3.8) is 0 Å². The van der Waals surface area contributed by atoms with E-state index in [1.54, 1.807) is 12.7 Å². The van der Waals surface area contributed by atoms with Crippen LogP contribution in [0.5, 0.6) is 0 Å². The summed E-state index contributed by atoms with van der Waals surface area (Å²) in [7, 11) is 0. The van der Waals surface area contributed by atoms with Gasteiger partial charge < -0.3 is 0 Å². The summed E-state index contributed by atoms with van der Waals surface area (Å²) in [6.07, 6.45) is 26.4. The lowest BCUT2D eigenvalue weighted by atomic mass is 9.72. The molecule has 0 spiro atoms. The quantitative estimate of drug-likeness (QED) is 0.304. The predicted molar refractivity (Wildman–Crippen MR) is 175 cm³/mol. The maximum absolute atomic E-state index is 5.09. The number of benzene rings is 3. The van der Waals surface area contributed by atoms with Gasteiger partial charge in [-0.1, -0.05) is 85.0 Å². The molecule has 0 saturated carbocycles. The Kier molecular flexibility index (Phi) is 5.83. The van der Waals surface area contributed by atoms with Crippen LogP contribution in [0.2, 0.25) is 0 Å². The maximum atomic E-state index is 5.09. The molecule has 0 aliphatic heterocycles. The number of hydrogen-bond donors (Lipinski definition) is 0. The molecule has 5 aromatic rings. The third-order valence-electron chi connectivity index (χ3n) is 9.48. The summed E-state index contributed by atoms with van der Waals surface area (Å²) in [4.78, 5) is 23.3. The monoisotopic (exact) mass is 567 g/mol. The lowest BCUT2D eigenvalue weighted by molar-refractivity contribution is 0.771. The summed E-state index contributed by atoms with van der Waals surface area (Å²) < 4.78 is 0. The Balaban J connectivity index is 1.23. The van der Waals surface area contributed by atoms with Crippen LogP contribution < -0.4 is 20.9 Å². The second-order valence-corrected chi connectivity index (χ2v) is 11.8. The van der Waals surface area contributed by atoms with Crippen molar-refractivity contribution in [3.05, 3.63) is 136 Å². The minimum absolute atomic E-state index is 0.337. The van der Waals surface area contributed by atoms with E-state index in [2.05, 4.69) is 99.9 Å². The first-order chi connectivity index (χ1) is 21.8. The van der Waals surface area contributed by atoms with Crippen molar-refractivity contribution in [1.82, 2.24) is 24.9 Å². The van der Waals surface area contributed by atoms with Crippen LogP contribution in [0.1, 0.15) is 37.9 Å². The highest BCUT2D eigenvalue weighted by Crippen LogP contribution is 2.41. The summed E-state index contributed by atoms with van der Waals surface area (Å²) >= 11 is 0. The number of aromatic nitrogens is 5. The molecule has 0 amide bonds. The summed E-state index contributed by atoms with van der Waals surface area (Å²) in [5.41, 5.74) is 8.72. The molecule has 2 heterocycles. The molecule has 44 heavy (non-hydrogen) atoms. The van der Waals surface area contributed by atoms with Crippen LogP contribution in [0.25, 0.3) is 56.6 Å². The normalized spacial score (nSPS) is 18.2. The average molecular weight is 568 g/mol. The maximum Gasteiger partial charge on any atom is 0.163 e. The highest BCUT2D eigenvalue weighted by atomic mass is 15.0. The van der Waals surface area contributed by atoms with Gasteiger partial charge in [-0.2, -0.15) is 0 Å². The van der Waals surface area contributed by atoms with E-state index in [-0.39, 0.29) is 0 Å². The van der Waals surface area contributed by atoms with Gasteiger partial charge in [0, 0.05) is 40.6 Å². The first-order valence-electron chi connectivity index (χ1n) is 15.5. The highest BCUT2D eigenvalue weighted by molar-refractivity contribution is 6.04. The van der Waals surface area contributed by atoms with E-state index < -0.39 is 0 Å². The fourth-order valence-electron chi connectivity index (χ4n) is 7.60. The Hall–Kier alpha value is -5.29. The zero-order valence-corrected chi connectivity index (χ0v) is 24.2. The smallest absolute Gasteiger partial charge is 0.163 e. The highest BCUT2D eigenvalue weighted by Gasteiger charge is 2.30. The molecule has 5 nitrogen and oxygen atoms in total. The fraction of sp³-hybridized carbons (Fsp3) is 0.154.